The largest absolute Gasteiger partial charge is 0.350 e. The first-order chi connectivity index (χ1) is 10.1. The number of carbonyl (C=O) groups is 1. The van der Waals surface area contributed by atoms with Crippen molar-refractivity contribution in [3.63, 3.8) is 0 Å². The fourth-order valence-corrected chi connectivity index (χ4v) is 2.83. The van der Waals surface area contributed by atoms with Crippen LogP contribution in [0.15, 0.2) is 24.7 Å². The first-order valence-electron chi connectivity index (χ1n) is 7.39. The van der Waals surface area contributed by atoms with Crippen molar-refractivity contribution >= 4 is 5.91 Å². The van der Waals surface area contributed by atoms with Gasteiger partial charge >= 0.3 is 0 Å². The summed E-state index contributed by atoms with van der Waals surface area (Å²) in [6.07, 6.45) is 8.79. The molecule has 0 aliphatic heterocycles. The van der Waals surface area contributed by atoms with Crippen LogP contribution in [0.1, 0.15) is 42.0 Å². The van der Waals surface area contributed by atoms with Crippen LogP contribution in [-0.4, -0.2) is 20.4 Å². The van der Waals surface area contributed by atoms with E-state index in [9.17, 15) is 4.79 Å². The minimum absolute atomic E-state index is 0.00315. The lowest BCUT2D eigenvalue weighted by Crippen LogP contribution is -2.30. The molecular weight excluding hydrogens is 264 g/mol. The summed E-state index contributed by atoms with van der Waals surface area (Å²) >= 11 is 0. The second-order valence-corrected chi connectivity index (χ2v) is 5.58. The maximum atomic E-state index is 12.2. The van der Waals surface area contributed by atoms with Gasteiger partial charge in [0.25, 0.3) is 0 Å². The standard InChI is InChI=1S/C16H20N4O/c1-11(20-7-6-17-12(20)2)16(21)19-10-13-8-14-4-3-5-15(14)18-9-13/h6-9,11H,3-5,10H2,1-2H3,(H,19,21)/t11-/m1/s1. The predicted molar refractivity (Wildman–Crippen MR) is 79.8 cm³/mol. The van der Waals surface area contributed by atoms with Crippen molar-refractivity contribution in [3.05, 3.63) is 47.3 Å². The van der Waals surface area contributed by atoms with Gasteiger partial charge in [-0.2, -0.15) is 0 Å². The molecule has 5 heteroatoms. The third-order valence-electron chi connectivity index (χ3n) is 4.10. The lowest BCUT2D eigenvalue weighted by Gasteiger charge is -2.15. The molecule has 1 aliphatic carbocycles. The molecule has 1 N–H and O–H groups in total. The van der Waals surface area contributed by atoms with E-state index >= 15 is 0 Å². The summed E-state index contributed by atoms with van der Waals surface area (Å²) in [4.78, 5) is 20.9. The first-order valence-corrected chi connectivity index (χ1v) is 7.39. The Balaban J connectivity index is 1.62. The molecule has 1 amide bonds. The number of nitrogens with one attached hydrogen (secondary N) is 1. The number of hydrogen-bond acceptors (Lipinski definition) is 3. The summed E-state index contributed by atoms with van der Waals surface area (Å²) in [5, 5.41) is 2.98. The number of aryl methyl sites for hydroxylation is 3. The maximum Gasteiger partial charge on any atom is 0.243 e. The third-order valence-corrected chi connectivity index (χ3v) is 4.10. The monoisotopic (exact) mass is 284 g/mol. The predicted octanol–water partition coefficient (Wildman–Crippen LogP) is 1.95. The summed E-state index contributed by atoms with van der Waals surface area (Å²) in [6, 6.07) is 1.91. The zero-order valence-corrected chi connectivity index (χ0v) is 12.5. The van der Waals surface area contributed by atoms with E-state index < -0.39 is 0 Å². The number of carbonyl (C=O) groups excluding carboxylic acids is 1. The topological polar surface area (TPSA) is 59.8 Å². The number of hydrogen-bond donors (Lipinski definition) is 1. The summed E-state index contributed by atoms with van der Waals surface area (Å²) in [7, 11) is 0. The molecule has 0 saturated carbocycles. The smallest absolute Gasteiger partial charge is 0.243 e. The van der Waals surface area contributed by atoms with Gasteiger partial charge < -0.3 is 9.88 Å². The molecule has 2 aromatic heterocycles. The molecule has 21 heavy (non-hydrogen) atoms. The molecule has 0 fully saturated rings. The van der Waals surface area contributed by atoms with Crippen molar-refractivity contribution < 1.29 is 4.79 Å². The Labute approximate surface area is 124 Å². The van der Waals surface area contributed by atoms with Gasteiger partial charge in [-0.3, -0.25) is 9.78 Å². The second kappa shape index (κ2) is 5.68. The van der Waals surface area contributed by atoms with Crippen LogP contribution in [0.5, 0.6) is 0 Å². The number of nitrogens with zero attached hydrogens (tertiary/aromatic N) is 3. The van der Waals surface area contributed by atoms with Crippen LogP contribution < -0.4 is 5.32 Å². The second-order valence-electron chi connectivity index (χ2n) is 5.58. The van der Waals surface area contributed by atoms with Gasteiger partial charge in [0.1, 0.15) is 11.9 Å². The molecule has 5 nitrogen and oxygen atoms in total. The zero-order chi connectivity index (χ0) is 14.8. The minimum Gasteiger partial charge on any atom is -0.350 e. The van der Waals surface area contributed by atoms with E-state index in [2.05, 4.69) is 21.4 Å². The zero-order valence-electron chi connectivity index (χ0n) is 12.5. The average Bonchev–Trinajstić information content (AvgIpc) is 3.11. The number of imidazole rings is 1. The first kappa shape index (κ1) is 13.8. The van der Waals surface area contributed by atoms with Gasteiger partial charge in [-0.05, 0) is 44.2 Å². The van der Waals surface area contributed by atoms with E-state index in [0.29, 0.717) is 6.54 Å². The summed E-state index contributed by atoms with van der Waals surface area (Å²) in [5.74, 6) is 0.841. The molecule has 3 rings (SSSR count). The van der Waals surface area contributed by atoms with Gasteiger partial charge in [-0.1, -0.05) is 6.07 Å². The molecule has 0 radical (unpaired) electrons. The van der Waals surface area contributed by atoms with Crippen LogP contribution >= 0.6 is 0 Å². The Morgan fingerprint density at radius 2 is 2.29 bits per heavy atom. The number of fused-ring (bicyclic) bond motifs is 1. The highest BCUT2D eigenvalue weighted by Crippen LogP contribution is 2.20. The number of pyridine rings is 1. The maximum absolute atomic E-state index is 12.2. The Kier molecular flexibility index (Phi) is 3.73. The van der Waals surface area contributed by atoms with Crippen molar-refractivity contribution in [1.29, 1.82) is 0 Å². The van der Waals surface area contributed by atoms with Gasteiger partial charge in [-0.25, -0.2) is 4.98 Å². The molecule has 2 heterocycles. The van der Waals surface area contributed by atoms with E-state index in [4.69, 9.17) is 0 Å². The van der Waals surface area contributed by atoms with Gasteiger partial charge in [-0.15, -0.1) is 0 Å². The molecule has 0 aromatic carbocycles. The van der Waals surface area contributed by atoms with Crippen molar-refractivity contribution in [2.24, 2.45) is 0 Å². The van der Waals surface area contributed by atoms with Crippen molar-refractivity contribution in [2.75, 3.05) is 0 Å². The fourth-order valence-electron chi connectivity index (χ4n) is 2.83. The lowest BCUT2D eigenvalue weighted by molar-refractivity contribution is -0.124. The van der Waals surface area contributed by atoms with E-state index in [1.165, 1.54) is 17.7 Å². The van der Waals surface area contributed by atoms with Crippen LogP contribution in [-0.2, 0) is 24.2 Å². The normalized spacial score (nSPS) is 14.8. The van der Waals surface area contributed by atoms with E-state index in [0.717, 1.165) is 24.2 Å². The van der Waals surface area contributed by atoms with Crippen LogP contribution in [0.25, 0.3) is 0 Å². The molecule has 1 aliphatic rings. The van der Waals surface area contributed by atoms with E-state index in [1.54, 1.807) is 6.20 Å². The van der Waals surface area contributed by atoms with Crippen LogP contribution in [0.3, 0.4) is 0 Å². The Bertz CT molecular complexity index is 662. The molecule has 0 bridgehead atoms. The molecule has 0 saturated heterocycles. The van der Waals surface area contributed by atoms with Crippen LogP contribution in [0, 0.1) is 6.92 Å². The Morgan fingerprint density at radius 3 is 3.05 bits per heavy atom. The molecule has 1 atom stereocenters. The van der Waals surface area contributed by atoms with Gasteiger partial charge in [0.15, 0.2) is 0 Å². The summed E-state index contributed by atoms with van der Waals surface area (Å²) in [6.45, 7) is 4.30. The highest BCUT2D eigenvalue weighted by atomic mass is 16.2. The number of aromatic nitrogens is 3. The molecule has 2 aromatic rings. The molecule has 110 valence electrons. The average molecular weight is 284 g/mol. The van der Waals surface area contributed by atoms with Crippen LogP contribution in [0.2, 0.25) is 0 Å². The van der Waals surface area contributed by atoms with E-state index in [-0.39, 0.29) is 11.9 Å². The highest BCUT2D eigenvalue weighted by Gasteiger charge is 2.16. The summed E-state index contributed by atoms with van der Waals surface area (Å²) < 4.78 is 1.87. The van der Waals surface area contributed by atoms with Gasteiger partial charge in [0, 0.05) is 30.8 Å². The van der Waals surface area contributed by atoms with Gasteiger partial charge in [0.2, 0.25) is 5.91 Å². The molecule has 0 unspecified atom stereocenters. The molecular formula is C16H20N4O. The lowest BCUT2D eigenvalue weighted by atomic mass is 10.1. The quantitative estimate of drug-likeness (QED) is 0.933. The summed E-state index contributed by atoms with van der Waals surface area (Å²) in [5.41, 5.74) is 3.62. The van der Waals surface area contributed by atoms with Crippen molar-refractivity contribution in [1.82, 2.24) is 19.9 Å². The van der Waals surface area contributed by atoms with E-state index in [1.807, 2.05) is 30.8 Å². The minimum atomic E-state index is -0.255. The SMILES string of the molecule is Cc1nccn1[C@H](C)C(=O)NCc1cnc2c(c1)CCC2. The van der Waals surface area contributed by atoms with Crippen molar-refractivity contribution in [2.45, 2.75) is 45.7 Å². The highest BCUT2D eigenvalue weighted by molar-refractivity contribution is 5.79. The third kappa shape index (κ3) is 2.82. The Morgan fingerprint density at radius 1 is 1.43 bits per heavy atom. The Hall–Kier alpha value is -2.17. The fraction of sp³-hybridized carbons (Fsp3) is 0.438. The van der Waals surface area contributed by atoms with Gasteiger partial charge in [0.05, 0.1) is 0 Å². The van der Waals surface area contributed by atoms with Crippen LogP contribution in [0.4, 0.5) is 0 Å². The number of amides is 1. The molecule has 0 spiro atoms. The number of rotatable bonds is 4. The van der Waals surface area contributed by atoms with Crippen molar-refractivity contribution in [3.8, 4) is 0 Å².